The van der Waals surface area contributed by atoms with Gasteiger partial charge in [0.05, 0.1) is 24.4 Å². The third kappa shape index (κ3) is 5.34. The minimum Gasteiger partial charge on any atom is -0.378 e. The third-order valence-electron chi connectivity index (χ3n) is 6.73. The summed E-state index contributed by atoms with van der Waals surface area (Å²) in [5.74, 6) is 1.23. The first-order valence-electron chi connectivity index (χ1n) is 12.1. The predicted molar refractivity (Wildman–Crippen MR) is 132 cm³/mol. The number of carbonyl (C=O) groups is 1. The second-order valence-electron chi connectivity index (χ2n) is 9.21. The van der Waals surface area contributed by atoms with E-state index in [-0.39, 0.29) is 5.91 Å². The average molecular weight is 461 g/mol. The lowest BCUT2D eigenvalue weighted by atomic mass is 9.96. The van der Waals surface area contributed by atoms with Crippen LogP contribution in [-0.4, -0.2) is 83.1 Å². The largest absolute Gasteiger partial charge is 0.378 e. The molecule has 0 bridgehead atoms. The van der Waals surface area contributed by atoms with Gasteiger partial charge in [-0.15, -0.1) is 0 Å². The Morgan fingerprint density at radius 3 is 2.71 bits per heavy atom. The molecule has 8 nitrogen and oxygen atoms in total. The van der Waals surface area contributed by atoms with Crippen molar-refractivity contribution >= 4 is 22.8 Å². The molecule has 34 heavy (non-hydrogen) atoms. The van der Waals surface area contributed by atoms with Crippen LogP contribution in [0, 0.1) is 5.92 Å². The van der Waals surface area contributed by atoms with Crippen LogP contribution in [0.15, 0.2) is 48.8 Å². The number of nitrogens with zero attached hydrogens (tertiary/aromatic N) is 6. The van der Waals surface area contributed by atoms with Gasteiger partial charge in [0.2, 0.25) is 11.9 Å². The highest BCUT2D eigenvalue weighted by molar-refractivity contribution is 5.81. The van der Waals surface area contributed by atoms with E-state index in [1.165, 1.54) is 5.56 Å². The van der Waals surface area contributed by atoms with Crippen molar-refractivity contribution in [2.45, 2.75) is 19.9 Å². The van der Waals surface area contributed by atoms with Crippen LogP contribution in [-0.2, 0) is 22.5 Å². The molecular weight excluding hydrogens is 428 g/mol. The number of aromatic nitrogens is 3. The molecule has 2 fully saturated rings. The van der Waals surface area contributed by atoms with E-state index in [9.17, 15) is 4.79 Å². The maximum absolute atomic E-state index is 12.3. The number of ether oxygens (including phenoxy) is 1. The molecule has 5 rings (SSSR count). The molecule has 2 saturated heterocycles. The summed E-state index contributed by atoms with van der Waals surface area (Å²) >= 11 is 0. The molecule has 2 aliphatic rings. The Morgan fingerprint density at radius 2 is 1.85 bits per heavy atom. The number of pyridine rings is 1. The zero-order chi connectivity index (χ0) is 23.3. The number of rotatable bonds is 5. The molecule has 0 aliphatic carbocycles. The van der Waals surface area contributed by atoms with Gasteiger partial charge in [-0.2, -0.15) is 0 Å². The fourth-order valence-corrected chi connectivity index (χ4v) is 5.00. The number of para-hydroxylation sites is 1. The van der Waals surface area contributed by atoms with E-state index in [0.29, 0.717) is 19.1 Å². The van der Waals surface area contributed by atoms with Crippen LogP contribution in [0.4, 0.5) is 5.95 Å². The molecular formula is C26H32N6O2. The van der Waals surface area contributed by atoms with Gasteiger partial charge >= 0.3 is 0 Å². The summed E-state index contributed by atoms with van der Waals surface area (Å²) in [5, 5.41) is 1.16. The van der Waals surface area contributed by atoms with Crippen molar-refractivity contribution in [3.63, 3.8) is 0 Å². The third-order valence-corrected chi connectivity index (χ3v) is 6.73. The van der Waals surface area contributed by atoms with Crippen LogP contribution in [0.1, 0.15) is 18.2 Å². The smallest absolute Gasteiger partial charge is 0.225 e. The van der Waals surface area contributed by atoms with E-state index in [0.717, 1.165) is 74.8 Å². The SMILES string of the molecule is CC(=O)N1CCN(Cc2ccnc(N3CCOCC3)n2)C[C@@H](Cc2cccc3cccnc23)C1. The Labute approximate surface area is 200 Å². The van der Waals surface area contributed by atoms with Gasteiger partial charge < -0.3 is 14.5 Å². The highest BCUT2D eigenvalue weighted by Gasteiger charge is 2.25. The first-order valence-corrected chi connectivity index (χ1v) is 12.1. The standard InChI is InChI=1S/C26H32N6O2/c1-20(33)32-11-10-30(19-24-7-9-28-26(29-24)31-12-14-34-15-13-31)17-21(18-32)16-23-5-2-4-22-6-3-8-27-25(22)23/h2-9,21H,10-19H2,1H3/t21-/m1/s1. The van der Waals surface area contributed by atoms with Crippen molar-refractivity contribution < 1.29 is 9.53 Å². The number of fused-ring (bicyclic) bond motifs is 1. The summed E-state index contributed by atoms with van der Waals surface area (Å²) in [6.45, 7) is 8.73. The predicted octanol–water partition coefficient (Wildman–Crippen LogP) is 2.38. The molecule has 1 aromatic carbocycles. The van der Waals surface area contributed by atoms with Crippen LogP contribution >= 0.6 is 0 Å². The summed E-state index contributed by atoms with van der Waals surface area (Å²) in [6.07, 6.45) is 4.60. The molecule has 0 spiro atoms. The monoisotopic (exact) mass is 460 g/mol. The van der Waals surface area contributed by atoms with Crippen molar-refractivity contribution in [3.8, 4) is 0 Å². The van der Waals surface area contributed by atoms with E-state index in [2.05, 4.69) is 44.0 Å². The molecule has 2 aromatic heterocycles. The van der Waals surface area contributed by atoms with E-state index in [1.807, 2.05) is 29.4 Å². The van der Waals surface area contributed by atoms with Crippen LogP contribution in [0.2, 0.25) is 0 Å². The van der Waals surface area contributed by atoms with Crippen molar-refractivity contribution in [1.82, 2.24) is 24.8 Å². The second kappa shape index (κ2) is 10.4. The highest BCUT2D eigenvalue weighted by Crippen LogP contribution is 2.22. The first kappa shape index (κ1) is 22.7. The molecule has 8 heteroatoms. The fourth-order valence-electron chi connectivity index (χ4n) is 5.00. The normalized spacial score (nSPS) is 19.9. The maximum atomic E-state index is 12.3. The van der Waals surface area contributed by atoms with Crippen LogP contribution in [0.3, 0.4) is 0 Å². The fraction of sp³-hybridized carbons (Fsp3) is 0.462. The van der Waals surface area contributed by atoms with Gasteiger partial charge in [0, 0.05) is 70.5 Å². The lowest BCUT2D eigenvalue weighted by Gasteiger charge is -2.27. The van der Waals surface area contributed by atoms with Gasteiger partial charge in [-0.25, -0.2) is 9.97 Å². The Bertz CT molecular complexity index is 1130. The minimum atomic E-state index is 0.138. The Morgan fingerprint density at radius 1 is 1.00 bits per heavy atom. The molecule has 2 aliphatic heterocycles. The molecule has 0 N–H and O–H groups in total. The van der Waals surface area contributed by atoms with Crippen LogP contribution in [0.5, 0.6) is 0 Å². The number of benzene rings is 1. The van der Waals surface area contributed by atoms with Crippen molar-refractivity contribution in [2.24, 2.45) is 5.92 Å². The maximum Gasteiger partial charge on any atom is 0.225 e. The molecule has 4 heterocycles. The first-order chi connectivity index (χ1) is 16.7. The molecule has 1 atom stereocenters. The molecule has 3 aromatic rings. The van der Waals surface area contributed by atoms with Crippen molar-refractivity contribution in [2.75, 3.05) is 57.4 Å². The van der Waals surface area contributed by atoms with Crippen molar-refractivity contribution in [1.29, 1.82) is 0 Å². The zero-order valence-corrected chi connectivity index (χ0v) is 19.8. The Kier molecular flexibility index (Phi) is 6.97. The summed E-state index contributed by atoms with van der Waals surface area (Å²) in [5.41, 5.74) is 3.31. The van der Waals surface area contributed by atoms with Gasteiger partial charge in [0.1, 0.15) is 0 Å². The zero-order valence-electron chi connectivity index (χ0n) is 19.8. The van der Waals surface area contributed by atoms with E-state index < -0.39 is 0 Å². The molecule has 0 radical (unpaired) electrons. The molecule has 0 unspecified atom stereocenters. The van der Waals surface area contributed by atoms with E-state index in [1.54, 1.807) is 6.92 Å². The lowest BCUT2D eigenvalue weighted by molar-refractivity contribution is -0.129. The molecule has 0 saturated carbocycles. The van der Waals surface area contributed by atoms with Gasteiger partial charge in [0.25, 0.3) is 0 Å². The van der Waals surface area contributed by atoms with E-state index >= 15 is 0 Å². The highest BCUT2D eigenvalue weighted by atomic mass is 16.5. The van der Waals surface area contributed by atoms with Crippen LogP contribution in [0.25, 0.3) is 10.9 Å². The lowest BCUT2D eigenvalue weighted by Crippen LogP contribution is -2.37. The summed E-state index contributed by atoms with van der Waals surface area (Å²) in [7, 11) is 0. The summed E-state index contributed by atoms with van der Waals surface area (Å²) in [4.78, 5) is 32.9. The Balaban J connectivity index is 1.33. The van der Waals surface area contributed by atoms with Crippen LogP contribution < -0.4 is 4.90 Å². The number of amides is 1. The van der Waals surface area contributed by atoms with Gasteiger partial charge in [-0.05, 0) is 30.0 Å². The van der Waals surface area contributed by atoms with E-state index in [4.69, 9.17) is 9.72 Å². The number of carbonyl (C=O) groups excluding carboxylic acids is 1. The average Bonchev–Trinajstić information content (AvgIpc) is 3.07. The minimum absolute atomic E-state index is 0.138. The summed E-state index contributed by atoms with van der Waals surface area (Å²) < 4.78 is 5.46. The van der Waals surface area contributed by atoms with Gasteiger partial charge in [-0.3, -0.25) is 14.7 Å². The topological polar surface area (TPSA) is 74.7 Å². The molecule has 1 amide bonds. The number of hydrogen-bond acceptors (Lipinski definition) is 7. The quantitative estimate of drug-likeness (QED) is 0.579. The number of anilines is 1. The summed E-state index contributed by atoms with van der Waals surface area (Å²) in [6, 6.07) is 12.5. The number of morpholine rings is 1. The van der Waals surface area contributed by atoms with Gasteiger partial charge in [-0.1, -0.05) is 24.3 Å². The second-order valence-corrected chi connectivity index (χ2v) is 9.21. The molecule has 178 valence electrons. The number of hydrogen-bond donors (Lipinski definition) is 0. The Hall–Kier alpha value is -3.10. The van der Waals surface area contributed by atoms with Gasteiger partial charge in [0.15, 0.2) is 0 Å². The van der Waals surface area contributed by atoms with Crippen molar-refractivity contribution in [3.05, 3.63) is 60.0 Å².